The number of hydrogen-bond donors (Lipinski definition) is 0. The van der Waals surface area contributed by atoms with Crippen LogP contribution in [0.4, 0.5) is 11.9 Å². The van der Waals surface area contributed by atoms with Gasteiger partial charge in [-0.05, 0) is 27.7 Å². The maximum atomic E-state index is 5.47. The summed E-state index contributed by atoms with van der Waals surface area (Å²) in [6.07, 6.45) is 0. The van der Waals surface area contributed by atoms with Gasteiger partial charge in [-0.1, -0.05) is 40.8 Å². The van der Waals surface area contributed by atoms with E-state index in [0.29, 0.717) is 32.3 Å². The minimum atomic E-state index is 0.196. The summed E-state index contributed by atoms with van der Waals surface area (Å²) < 4.78 is 0. The normalized spacial score (nSPS) is 10.8. The molecule has 0 amide bonds. The molecule has 1 aromatic heterocycles. The van der Waals surface area contributed by atoms with E-state index in [4.69, 9.17) is 19.4 Å². The zero-order valence-electron chi connectivity index (χ0n) is 15.6. The summed E-state index contributed by atoms with van der Waals surface area (Å²) in [5, 5.41) is 2.35. The van der Waals surface area contributed by atoms with E-state index >= 15 is 0 Å². The summed E-state index contributed by atoms with van der Waals surface area (Å²) >= 11 is 0. The quantitative estimate of drug-likeness (QED) is 0.560. The van der Waals surface area contributed by atoms with Gasteiger partial charge in [0.05, 0.1) is 26.4 Å². The molecule has 0 radical (unpaired) electrons. The third kappa shape index (κ3) is 5.33. The maximum Gasteiger partial charge on any atom is 0.283 e. The number of nitrogens with zero attached hydrogens (tertiary/aromatic N) is 5. The number of anilines is 2. The Hall–Kier alpha value is -2.33. The lowest BCUT2D eigenvalue weighted by atomic mass is 10.2. The number of hydrogen-bond acceptors (Lipinski definition) is 9. The molecular formula is C17H25N5O4. The molecule has 0 aliphatic carbocycles. The zero-order chi connectivity index (χ0) is 18.8. The SMILES string of the molecule is CCON(OCC)c1nc(-c2ccccc2)nc(N(OCC)OCC)n1. The van der Waals surface area contributed by atoms with Gasteiger partial charge in [-0.2, -0.15) is 15.0 Å². The monoisotopic (exact) mass is 363 g/mol. The van der Waals surface area contributed by atoms with E-state index in [2.05, 4.69) is 15.0 Å². The van der Waals surface area contributed by atoms with Crippen LogP contribution in [0.15, 0.2) is 30.3 Å². The van der Waals surface area contributed by atoms with Gasteiger partial charge in [0.25, 0.3) is 11.9 Å². The van der Waals surface area contributed by atoms with E-state index in [1.165, 1.54) is 10.5 Å². The van der Waals surface area contributed by atoms with Crippen molar-refractivity contribution in [3.8, 4) is 11.4 Å². The Morgan fingerprint density at radius 3 is 1.46 bits per heavy atom. The van der Waals surface area contributed by atoms with Crippen molar-refractivity contribution in [2.24, 2.45) is 0 Å². The maximum absolute atomic E-state index is 5.47. The van der Waals surface area contributed by atoms with Gasteiger partial charge in [0.1, 0.15) is 0 Å². The van der Waals surface area contributed by atoms with E-state index in [0.717, 1.165) is 5.56 Å². The Bertz CT molecular complexity index is 613. The molecule has 0 aliphatic heterocycles. The number of benzene rings is 1. The first kappa shape index (κ1) is 20.0. The smallest absolute Gasteiger partial charge is 0.246 e. The molecule has 0 saturated heterocycles. The van der Waals surface area contributed by atoms with Gasteiger partial charge in [-0.25, -0.2) is 19.4 Å². The third-order valence-electron chi connectivity index (χ3n) is 2.96. The average Bonchev–Trinajstić information content (AvgIpc) is 2.68. The largest absolute Gasteiger partial charge is 0.283 e. The highest BCUT2D eigenvalue weighted by atomic mass is 17.0. The highest BCUT2D eigenvalue weighted by Gasteiger charge is 2.20. The average molecular weight is 363 g/mol. The van der Waals surface area contributed by atoms with Crippen LogP contribution >= 0.6 is 0 Å². The standard InChI is InChI=1S/C17H25N5O4/c1-5-23-21(24-6-2)16-18-15(14-12-10-9-11-13-14)19-17(20-16)22(25-7-3)26-8-4/h9-13H,5-8H2,1-4H3. The molecule has 0 saturated carbocycles. The Morgan fingerprint density at radius 1 is 0.654 bits per heavy atom. The Labute approximate surface area is 153 Å². The fraction of sp³-hybridized carbons (Fsp3) is 0.471. The second-order valence-corrected chi connectivity index (χ2v) is 4.81. The number of rotatable bonds is 11. The summed E-state index contributed by atoms with van der Waals surface area (Å²) in [5.74, 6) is 0.836. The van der Waals surface area contributed by atoms with E-state index in [1.54, 1.807) is 0 Å². The van der Waals surface area contributed by atoms with Crippen molar-refractivity contribution in [2.45, 2.75) is 27.7 Å². The van der Waals surface area contributed by atoms with Crippen molar-refractivity contribution in [1.82, 2.24) is 15.0 Å². The van der Waals surface area contributed by atoms with Gasteiger partial charge in [-0.3, -0.25) is 0 Å². The molecule has 0 spiro atoms. The molecular weight excluding hydrogens is 338 g/mol. The molecule has 0 atom stereocenters. The first-order valence-electron chi connectivity index (χ1n) is 8.66. The zero-order valence-corrected chi connectivity index (χ0v) is 15.6. The second kappa shape index (κ2) is 10.6. The lowest BCUT2D eigenvalue weighted by molar-refractivity contribution is -0.0897. The molecule has 2 aromatic rings. The summed E-state index contributed by atoms with van der Waals surface area (Å²) in [5.41, 5.74) is 0.818. The minimum absolute atomic E-state index is 0.196. The topological polar surface area (TPSA) is 82.1 Å². The molecule has 0 N–H and O–H groups in total. The van der Waals surface area contributed by atoms with Crippen LogP contribution < -0.4 is 10.5 Å². The molecule has 9 nitrogen and oxygen atoms in total. The molecule has 142 valence electrons. The molecule has 26 heavy (non-hydrogen) atoms. The molecule has 9 heteroatoms. The molecule has 2 rings (SSSR count). The Balaban J connectivity index is 2.50. The summed E-state index contributed by atoms with van der Waals surface area (Å²) in [6, 6.07) is 9.54. The van der Waals surface area contributed by atoms with Crippen LogP contribution in [-0.4, -0.2) is 41.4 Å². The van der Waals surface area contributed by atoms with Crippen molar-refractivity contribution in [3.63, 3.8) is 0 Å². The van der Waals surface area contributed by atoms with Gasteiger partial charge in [0.15, 0.2) is 5.82 Å². The van der Waals surface area contributed by atoms with Crippen LogP contribution in [0.3, 0.4) is 0 Å². The second-order valence-electron chi connectivity index (χ2n) is 4.81. The van der Waals surface area contributed by atoms with E-state index in [1.807, 2.05) is 58.0 Å². The van der Waals surface area contributed by atoms with Crippen LogP contribution in [0.1, 0.15) is 27.7 Å². The van der Waals surface area contributed by atoms with E-state index < -0.39 is 0 Å². The van der Waals surface area contributed by atoms with Gasteiger partial charge in [0.2, 0.25) is 0 Å². The van der Waals surface area contributed by atoms with Crippen molar-refractivity contribution in [2.75, 3.05) is 36.9 Å². The van der Waals surface area contributed by atoms with Crippen LogP contribution in [0.5, 0.6) is 0 Å². The van der Waals surface area contributed by atoms with Gasteiger partial charge >= 0.3 is 0 Å². The Kier molecular flexibility index (Phi) is 8.16. The molecule has 0 aliphatic rings. The highest BCUT2D eigenvalue weighted by molar-refractivity contribution is 5.57. The third-order valence-corrected chi connectivity index (χ3v) is 2.96. The molecule has 1 heterocycles. The predicted octanol–water partition coefficient (Wildman–Crippen LogP) is 2.96. The van der Waals surface area contributed by atoms with Gasteiger partial charge in [-0.15, -0.1) is 0 Å². The Morgan fingerprint density at radius 2 is 1.08 bits per heavy atom. The summed E-state index contributed by atoms with van der Waals surface area (Å²) in [6.45, 7) is 8.95. The first-order chi connectivity index (χ1) is 12.7. The first-order valence-corrected chi connectivity index (χ1v) is 8.66. The van der Waals surface area contributed by atoms with Crippen molar-refractivity contribution >= 4 is 11.9 Å². The van der Waals surface area contributed by atoms with E-state index in [9.17, 15) is 0 Å². The van der Waals surface area contributed by atoms with Crippen molar-refractivity contribution in [3.05, 3.63) is 30.3 Å². The summed E-state index contributed by atoms with van der Waals surface area (Å²) in [4.78, 5) is 35.2. The predicted molar refractivity (Wildman–Crippen MR) is 96.7 cm³/mol. The van der Waals surface area contributed by atoms with Crippen LogP contribution in [0, 0.1) is 0 Å². The number of aromatic nitrogens is 3. The molecule has 0 fully saturated rings. The van der Waals surface area contributed by atoms with Crippen LogP contribution in [0.25, 0.3) is 11.4 Å². The van der Waals surface area contributed by atoms with Gasteiger partial charge in [0, 0.05) is 5.56 Å². The highest BCUT2D eigenvalue weighted by Crippen LogP contribution is 2.22. The van der Waals surface area contributed by atoms with Crippen LogP contribution in [0.2, 0.25) is 0 Å². The fourth-order valence-electron chi connectivity index (χ4n) is 2.01. The fourth-order valence-corrected chi connectivity index (χ4v) is 2.01. The van der Waals surface area contributed by atoms with Crippen molar-refractivity contribution in [1.29, 1.82) is 0 Å². The van der Waals surface area contributed by atoms with E-state index in [-0.39, 0.29) is 11.9 Å². The van der Waals surface area contributed by atoms with Crippen LogP contribution in [-0.2, 0) is 19.4 Å². The van der Waals surface area contributed by atoms with Crippen molar-refractivity contribution < 1.29 is 19.4 Å². The lowest BCUT2D eigenvalue weighted by Crippen LogP contribution is -2.30. The minimum Gasteiger partial charge on any atom is -0.246 e. The molecule has 1 aromatic carbocycles. The molecule has 0 unspecified atom stereocenters. The van der Waals surface area contributed by atoms with Gasteiger partial charge < -0.3 is 0 Å². The molecule has 0 bridgehead atoms. The summed E-state index contributed by atoms with van der Waals surface area (Å²) in [7, 11) is 0. The lowest BCUT2D eigenvalue weighted by Gasteiger charge is -2.23.